The first-order chi connectivity index (χ1) is 9.21. The van der Waals surface area contributed by atoms with E-state index in [4.69, 9.17) is 5.11 Å². The van der Waals surface area contributed by atoms with E-state index in [1.165, 1.54) is 18.2 Å². The van der Waals surface area contributed by atoms with Crippen molar-refractivity contribution in [3.63, 3.8) is 0 Å². The first-order valence-electron chi connectivity index (χ1n) is 6.17. The van der Waals surface area contributed by atoms with Gasteiger partial charge in [-0.05, 0) is 17.6 Å². The Morgan fingerprint density at radius 1 is 1.30 bits per heavy atom. The van der Waals surface area contributed by atoms with Gasteiger partial charge in [-0.25, -0.2) is 9.18 Å². The molecule has 1 amide bonds. The number of carbonyl (C=O) groups excluding carboxylic acids is 1. The molecule has 2 N–H and O–H groups in total. The topological polar surface area (TPSA) is 66.4 Å². The number of carboxylic acid groups (broad SMARTS) is 1. The molecule has 0 radical (unpaired) electrons. The minimum Gasteiger partial charge on any atom is -0.480 e. The zero-order valence-corrected chi connectivity index (χ0v) is 11.7. The molecule has 0 bridgehead atoms. The summed E-state index contributed by atoms with van der Waals surface area (Å²) in [6.07, 6.45) is 2.44. The van der Waals surface area contributed by atoms with E-state index in [1.807, 2.05) is 0 Å². The highest BCUT2D eigenvalue weighted by molar-refractivity contribution is 5.94. The van der Waals surface area contributed by atoms with Crippen molar-refractivity contribution in [1.29, 1.82) is 0 Å². The highest BCUT2D eigenvalue weighted by Crippen LogP contribution is 2.19. The van der Waals surface area contributed by atoms with Crippen LogP contribution in [0.1, 0.15) is 26.3 Å². The molecule has 1 atom stereocenters. The van der Waals surface area contributed by atoms with Crippen LogP contribution in [-0.4, -0.2) is 23.0 Å². The first kappa shape index (κ1) is 15.9. The molecule has 108 valence electrons. The monoisotopic (exact) mass is 279 g/mol. The zero-order valence-electron chi connectivity index (χ0n) is 11.7. The lowest BCUT2D eigenvalue weighted by Crippen LogP contribution is -2.48. The molecular formula is C15H18FNO3. The lowest BCUT2D eigenvalue weighted by molar-refractivity contribution is -0.144. The summed E-state index contributed by atoms with van der Waals surface area (Å²) in [6.45, 7) is 5.14. The van der Waals surface area contributed by atoms with Crippen molar-refractivity contribution < 1.29 is 19.1 Å². The number of nitrogens with one attached hydrogen (secondary N) is 1. The molecule has 5 heteroatoms. The van der Waals surface area contributed by atoms with Crippen LogP contribution in [0.25, 0.3) is 6.08 Å². The zero-order chi connectivity index (χ0) is 15.3. The summed E-state index contributed by atoms with van der Waals surface area (Å²) >= 11 is 0. The summed E-state index contributed by atoms with van der Waals surface area (Å²) in [5, 5.41) is 11.5. The second-order valence-electron chi connectivity index (χ2n) is 5.50. The van der Waals surface area contributed by atoms with E-state index in [9.17, 15) is 14.0 Å². The van der Waals surface area contributed by atoms with Crippen molar-refractivity contribution in [3.05, 3.63) is 41.7 Å². The van der Waals surface area contributed by atoms with Crippen LogP contribution in [0, 0.1) is 11.2 Å². The number of carbonyl (C=O) groups is 2. The standard InChI is InChI=1S/C15H18FNO3/c1-15(2,3)13(14(19)20)17-12(18)9-8-10-6-4-5-7-11(10)16/h4-9,13H,1-3H3,(H,17,18)(H,19,20)/b9-8+. The normalized spacial score (nSPS) is 13.2. The van der Waals surface area contributed by atoms with E-state index in [2.05, 4.69) is 5.32 Å². The van der Waals surface area contributed by atoms with E-state index in [0.717, 1.165) is 6.08 Å². The van der Waals surface area contributed by atoms with Gasteiger partial charge in [-0.3, -0.25) is 4.79 Å². The Labute approximate surface area is 117 Å². The number of benzene rings is 1. The molecule has 0 aliphatic heterocycles. The van der Waals surface area contributed by atoms with E-state index < -0.39 is 29.2 Å². The average molecular weight is 279 g/mol. The number of amides is 1. The number of hydrogen-bond acceptors (Lipinski definition) is 2. The van der Waals surface area contributed by atoms with E-state index in [-0.39, 0.29) is 5.56 Å². The molecule has 0 saturated heterocycles. The van der Waals surface area contributed by atoms with Crippen molar-refractivity contribution in [3.8, 4) is 0 Å². The molecule has 0 aliphatic rings. The largest absolute Gasteiger partial charge is 0.480 e. The molecule has 4 nitrogen and oxygen atoms in total. The molecule has 0 saturated carbocycles. The first-order valence-corrected chi connectivity index (χ1v) is 6.17. The van der Waals surface area contributed by atoms with Gasteiger partial charge in [-0.1, -0.05) is 39.0 Å². The number of aliphatic carboxylic acids is 1. The van der Waals surface area contributed by atoms with E-state index in [0.29, 0.717) is 0 Å². The van der Waals surface area contributed by atoms with Gasteiger partial charge in [0, 0.05) is 11.6 Å². The van der Waals surface area contributed by atoms with Crippen LogP contribution < -0.4 is 5.32 Å². The molecule has 20 heavy (non-hydrogen) atoms. The third-order valence-electron chi connectivity index (χ3n) is 2.72. The fraction of sp³-hybridized carbons (Fsp3) is 0.333. The number of hydrogen-bond donors (Lipinski definition) is 2. The van der Waals surface area contributed by atoms with Crippen LogP contribution in [0.4, 0.5) is 4.39 Å². The van der Waals surface area contributed by atoms with Gasteiger partial charge in [-0.2, -0.15) is 0 Å². The van der Waals surface area contributed by atoms with Gasteiger partial charge in [0.05, 0.1) is 0 Å². The van der Waals surface area contributed by atoms with Gasteiger partial charge >= 0.3 is 5.97 Å². The summed E-state index contributed by atoms with van der Waals surface area (Å²) in [4.78, 5) is 22.8. The number of rotatable bonds is 4. The SMILES string of the molecule is CC(C)(C)C(NC(=O)/C=C/c1ccccc1F)C(=O)O. The van der Waals surface area contributed by atoms with Gasteiger partial charge in [-0.15, -0.1) is 0 Å². The van der Waals surface area contributed by atoms with Gasteiger partial charge in [0.15, 0.2) is 0 Å². The average Bonchev–Trinajstić information content (AvgIpc) is 2.33. The summed E-state index contributed by atoms with van der Waals surface area (Å²) in [5.74, 6) is -2.12. The lowest BCUT2D eigenvalue weighted by Gasteiger charge is -2.27. The maximum Gasteiger partial charge on any atom is 0.326 e. The number of carboxylic acids is 1. The quantitative estimate of drug-likeness (QED) is 0.832. The maximum atomic E-state index is 13.3. The second kappa shape index (κ2) is 6.32. The Hall–Kier alpha value is -2.17. The molecule has 0 aromatic heterocycles. The summed E-state index contributed by atoms with van der Waals surface area (Å²) < 4.78 is 13.3. The van der Waals surface area contributed by atoms with Crippen molar-refractivity contribution in [2.75, 3.05) is 0 Å². The smallest absolute Gasteiger partial charge is 0.326 e. The van der Waals surface area contributed by atoms with Crippen LogP contribution >= 0.6 is 0 Å². The van der Waals surface area contributed by atoms with Crippen LogP contribution in [0.3, 0.4) is 0 Å². The molecular weight excluding hydrogens is 261 g/mol. The van der Waals surface area contributed by atoms with Crippen molar-refractivity contribution in [1.82, 2.24) is 5.32 Å². The summed E-state index contributed by atoms with van der Waals surface area (Å²) in [7, 11) is 0. The predicted octanol–water partition coefficient (Wildman–Crippen LogP) is 2.45. The van der Waals surface area contributed by atoms with E-state index in [1.54, 1.807) is 32.9 Å². The van der Waals surface area contributed by atoms with Crippen molar-refractivity contribution in [2.45, 2.75) is 26.8 Å². The highest BCUT2D eigenvalue weighted by Gasteiger charge is 2.31. The Balaban J connectivity index is 2.77. The molecule has 1 aromatic carbocycles. The predicted molar refractivity (Wildman–Crippen MR) is 74.5 cm³/mol. The highest BCUT2D eigenvalue weighted by atomic mass is 19.1. The Bertz CT molecular complexity index is 532. The molecule has 1 unspecified atom stereocenters. The summed E-state index contributed by atoms with van der Waals surface area (Å²) in [6, 6.07) is 4.99. The third-order valence-corrected chi connectivity index (χ3v) is 2.72. The van der Waals surface area contributed by atoms with Gasteiger partial charge in [0.25, 0.3) is 0 Å². The second-order valence-corrected chi connectivity index (χ2v) is 5.50. The molecule has 0 aliphatic carbocycles. The molecule has 0 fully saturated rings. The molecule has 0 spiro atoms. The summed E-state index contributed by atoms with van der Waals surface area (Å²) in [5.41, 5.74) is -0.349. The fourth-order valence-corrected chi connectivity index (χ4v) is 1.61. The Morgan fingerprint density at radius 3 is 2.40 bits per heavy atom. The maximum absolute atomic E-state index is 13.3. The number of halogens is 1. The third kappa shape index (κ3) is 4.50. The Kier molecular flexibility index (Phi) is 5.02. The minimum atomic E-state index is -1.11. The fourth-order valence-electron chi connectivity index (χ4n) is 1.61. The Morgan fingerprint density at radius 2 is 1.90 bits per heavy atom. The molecule has 1 aromatic rings. The van der Waals surface area contributed by atoms with Crippen LogP contribution in [0.5, 0.6) is 0 Å². The molecule has 0 heterocycles. The van der Waals surface area contributed by atoms with Crippen molar-refractivity contribution in [2.24, 2.45) is 5.41 Å². The van der Waals surface area contributed by atoms with E-state index >= 15 is 0 Å². The van der Waals surface area contributed by atoms with Crippen LogP contribution in [0.2, 0.25) is 0 Å². The minimum absolute atomic E-state index is 0.269. The van der Waals surface area contributed by atoms with Crippen LogP contribution in [0.15, 0.2) is 30.3 Å². The van der Waals surface area contributed by atoms with Gasteiger partial charge < -0.3 is 10.4 Å². The lowest BCUT2D eigenvalue weighted by atomic mass is 9.87. The molecule has 1 rings (SSSR count). The van der Waals surface area contributed by atoms with Crippen LogP contribution in [-0.2, 0) is 9.59 Å². The van der Waals surface area contributed by atoms with Gasteiger partial charge in [0.2, 0.25) is 5.91 Å². The van der Waals surface area contributed by atoms with Crippen molar-refractivity contribution >= 4 is 18.0 Å². The van der Waals surface area contributed by atoms with Gasteiger partial charge in [0.1, 0.15) is 11.9 Å².